The Balaban J connectivity index is 1.56. The lowest BCUT2D eigenvalue weighted by molar-refractivity contribution is -0.117. The number of hydrogen-bond donors (Lipinski definition) is 1. The number of carbonyl (C=O) groups excluding carboxylic acids is 1. The second-order valence-electron chi connectivity index (χ2n) is 6.00. The van der Waals surface area contributed by atoms with E-state index in [9.17, 15) is 13.6 Å². The van der Waals surface area contributed by atoms with Gasteiger partial charge in [-0.1, -0.05) is 48.5 Å². The van der Waals surface area contributed by atoms with Gasteiger partial charge in [0.2, 0.25) is 5.91 Å². The first-order valence-corrected chi connectivity index (χ1v) is 8.42. The zero-order chi connectivity index (χ0) is 18.4. The van der Waals surface area contributed by atoms with Gasteiger partial charge in [0.1, 0.15) is 5.75 Å². The van der Waals surface area contributed by atoms with Crippen LogP contribution in [0.1, 0.15) is 12.0 Å². The molecule has 4 nitrogen and oxygen atoms in total. The van der Waals surface area contributed by atoms with Gasteiger partial charge in [0.25, 0.3) is 0 Å². The van der Waals surface area contributed by atoms with Crippen molar-refractivity contribution < 1.29 is 18.3 Å². The van der Waals surface area contributed by atoms with E-state index in [1.165, 1.54) is 17.2 Å². The van der Waals surface area contributed by atoms with Gasteiger partial charge in [0, 0.05) is 13.1 Å². The monoisotopic (exact) mass is 358 g/mol. The van der Waals surface area contributed by atoms with E-state index in [2.05, 4.69) is 28.3 Å². The number of hydrogen-bond acceptors (Lipinski definition) is 3. The number of nitrogens with one attached hydrogen (secondary N) is 1. The van der Waals surface area contributed by atoms with Crippen molar-refractivity contribution in [3.8, 4) is 5.75 Å². The Bertz CT molecular complexity index is 778. The van der Waals surface area contributed by atoms with Crippen molar-refractivity contribution in [3.63, 3.8) is 0 Å². The fraction of sp³-hybridized carbons (Fsp3) is 0.250. The number of carbonyl (C=O) groups is 1. The second-order valence-corrected chi connectivity index (χ2v) is 6.00. The summed E-state index contributed by atoms with van der Waals surface area (Å²) in [7, 11) is 0. The van der Waals surface area contributed by atoms with Gasteiger partial charge in [-0.15, -0.1) is 0 Å². The summed E-state index contributed by atoms with van der Waals surface area (Å²) in [6, 6.07) is 16.3. The molecule has 0 saturated carbocycles. The Morgan fingerprint density at radius 2 is 1.85 bits per heavy atom. The van der Waals surface area contributed by atoms with E-state index < -0.39 is 6.61 Å². The zero-order valence-electron chi connectivity index (χ0n) is 14.2. The smallest absolute Gasteiger partial charge is 0.387 e. The van der Waals surface area contributed by atoms with Crippen LogP contribution in [0.4, 0.5) is 14.5 Å². The van der Waals surface area contributed by atoms with E-state index in [0.29, 0.717) is 6.54 Å². The maximum Gasteiger partial charge on any atom is 0.387 e. The molecule has 3 rings (SSSR count). The molecule has 2 aromatic rings. The maximum absolute atomic E-state index is 12.4. The Morgan fingerprint density at radius 3 is 2.54 bits per heavy atom. The standard InChI is InChI=1S/C20H20F2N2O2/c21-20(22)26-18-9-5-4-8-17(18)23-19(25)14-24-12-10-16(11-13-24)15-6-2-1-3-7-15/h1-10,20H,11-14H2,(H,23,25). The van der Waals surface area contributed by atoms with E-state index in [4.69, 9.17) is 0 Å². The lowest BCUT2D eigenvalue weighted by Crippen LogP contribution is -2.36. The Labute approximate surface area is 151 Å². The molecule has 0 bridgehead atoms. The first-order chi connectivity index (χ1) is 12.6. The van der Waals surface area contributed by atoms with Crippen molar-refractivity contribution in [2.75, 3.05) is 25.0 Å². The number of rotatable bonds is 6. The van der Waals surface area contributed by atoms with Gasteiger partial charge in [0.05, 0.1) is 12.2 Å². The van der Waals surface area contributed by atoms with E-state index in [0.717, 1.165) is 13.0 Å². The third-order valence-corrected chi connectivity index (χ3v) is 4.18. The molecule has 0 fully saturated rings. The lowest BCUT2D eigenvalue weighted by Gasteiger charge is -2.26. The topological polar surface area (TPSA) is 41.6 Å². The summed E-state index contributed by atoms with van der Waals surface area (Å²) in [5, 5.41) is 2.65. The quantitative estimate of drug-likeness (QED) is 0.848. The summed E-state index contributed by atoms with van der Waals surface area (Å²) in [6.45, 7) is -1.30. The number of benzene rings is 2. The summed E-state index contributed by atoms with van der Waals surface area (Å²) < 4.78 is 29.3. The molecule has 0 aliphatic carbocycles. The third kappa shape index (κ3) is 4.89. The van der Waals surface area contributed by atoms with Gasteiger partial charge in [-0.2, -0.15) is 8.78 Å². The van der Waals surface area contributed by atoms with Crippen LogP contribution in [0.2, 0.25) is 0 Å². The molecule has 0 saturated heterocycles. The van der Waals surface area contributed by atoms with Crippen LogP contribution in [0, 0.1) is 0 Å². The SMILES string of the molecule is O=C(CN1CC=C(c2ccccc2)CC1)Nc1ccccc1OC(F)F. The van der Waals surface area contributed by atoms with Crippen LogP contribution < -0.4 is 10.1 Å². The molecule has 1 aliphatic rings. The maximum atomic E-state index is 12.4. The number of nitrogens with zero attached hydrogens (tertiary/aromatic N) is 1. The Morgan fingerprint density at radius 1 is 1.12 bits per heavy atom. The van der Waals surface area contributed by atoms with Crippen molar-refractivity contribution in [2.45, 2.75) is 13.0 Å². The minimum Gasteiger partial charge on any atom is -0.433 e. The molecular formula is C20H20F2N2O2. The number of anilines is 1. The summed E-state index contributed by atoms with van der Waals surface area (Å²) in [5.74, 6) is -0.298. The highest BCUT2D eigenvalue weighted by Gasteiger charge is 2.17. The van der Waals surface area contributed by atoms with Gasteiger partial charge in [-0.25, -0.2) is 0 Å². The van der Waals surface area contributed by atoms with Crippen molar-refractivity contribution in [1.29, 1.82) is 0 Å². The first-order valence-electron chi connectivity index (χ1n) is 8.42. The van der Waals surface area contributed by atoms with Crippen LogP contribution >= 0.6 is 0 Å². The van der Waals surface area contributed by atoms with Gasteiger partial charge >= 0.3 is 6.61 Å². The van der Waals surface area contributed by atoms with E-state index in [1.807, 2.05) is 23.1 Å². The molecule has 1 N–H and O–H groups in total. The summed E-state index contributed by atoms with van der Waals surface area (Å²) in [4.78, 5) is 14.3. The van der Waals surface area contributed by atoms with E-state index >= 15 is 0 Å². The third-order valence-electron chi connectivity index (χ3n) is 4.18. The minimum absolute atomic E-state index is 0.0410. The summed E-state index contributed by atoms with van der Waals surface area (Å²) in [5.41, 5.74) is 2.72. The summed E-state index contributed by atoms with van der Waals surface area (Å²) in [6.07, 6.45) is 2.99. The number of amides is 1. The average Bonchev–Trinajstić information content (AvgIpc) is 2.64. The number of halogens is 2. The van der Waals surface area contributed by atoms with Crippen molar-refractivity contribution in [2.24, 2.45) is 0 Å². The fourth-order valence-corrected chi connectivity index (χ4v) is 2.93. The molecule has 136 valence electrons. The Hall–Kier alpha value is -2.73. The van der Waals surface area contributed by atoms with Crippen LogP contribution in [-0.4, -0.2) is 37.1 Å². The highest BCUT2D eigenvalue weighted by atomic mass is 19.3. The molecule has 1 aliphatic heterocycles. The molecule has 2 aromatic carbocycles. The largest absolute Gasteiger partial charge is 0.433 e. The minimum atomic E-state index is -2.93. The second kappa shape index (κ2) is 8.58. The molecule has 26 heavy (non-hydrogen) atoms. The molecule has 0 spiro atoms. The van der Waals surface area contributed by atoms with Crippen molar-refractivity contribution in [3.05, 3.63) is 66.2 Å². The van der Waals surface area contributed by atoms with Gasteiger partial charge in [-0.05, 0) is 29.7 Å². The molecule has 0 unspecified atom stereocenters. The first kappa shape index (κ1) is 18.1. The normalized spacial score (nSPS) is 14.8. The van der Waals surface area contributed by atoms with Crippen LogP contribution in [0.15, 0.2) is 60.7 Å². The molecule has 1 amide bonds. The molecule has 1 heterocycles. The van der Waals surface area contributed by atoms with Crippen LogP contribution in [0.5, 0.6) is 5.75 Å². The van der Waals surface area contributed by atoms with Gasteiger partial charge < -0.3 is 10.1 Å². The highest BCUT2D eigenvalue weighted by molar-refractivity contribution is 5.93. The molecule has 6 heteroatoms. The van der Waals surface area contributed by atoms with Crippen LogP contribution in [-0.2, 0) is 4.79 Å². The number of alkyl halides is 2. The highest BCUT2D eigenvalue weighted by Crippen LogP contribution is 2.26. The Kier molecular flexibility index (Phi) is 5.96. The van der Waals surface area contributed by atoms with Crippen LogP contribution in [0.3, 0.4) is 0 Å². The average molecular weight is 358 g/mol. The molecule has 0 radical (unpaired) electrons. The van der Waals surface area contributed by atoms with Gasteiger partial charge in [0.15, 0.2) is 0 Å². The number of para-hydroxylation sites is 2. The number of ether oxygens (including phenoxy) is 1. The predicted octanol–water partition coefficient (Wildman–Crippen LogP) is 4.02. The van der Waals surface area contributed by atoms with Gasteiger partial charge in [-0.3, -0.25) is 9.69 Å². The molecule has 0 aromatic heterocycles. The van der Waals surface area contributed by atoms with Crippen LogP contribution in [0.25, 0.3) is 5.57 Å². The summed E-state index contributed by atoms with van der Waals surface area (Å²) >= 11 is 0. The lowest BCUT2D eigenvalue weighted by atomic mass is 10.00. The van der Waals surface area contributed by atoms with Crippen molar-refractivity contribution in [1.82, 2.24) is 4.90 Å². The fourth-order valence-electron chi connectivity index (χ4n) is 2.93. The van der Waals surface area contributed by atoms with Crippen molar-refractivity contribution >= 4 is 17.2 Å². The molecule has 0 atom stereocenters. The predicted molar refractivity (Wildman–Crippen MR) is 97.2 cm³/mol. The van der Waals surface area contributed by atoms with E-state index in [1.54, 1.807) is 18.2 Å². The zero-order valence-corrected chi connectivity index (χ0v) is 14.2. The van der Waals surface area contributed by atoms with E-state index in [-0.39, 0.29) is 23.9 Å². The molecular weight excluding hydrogens is 338 g/mol.